The molecule has 0 saturated heterocycles. The summed E-state index contributed by atoms with van der Waals surface area (Å²) in [6.07, 6.45) is -4.46. The van der Waals surface area contributed by atoms with Gasteiger partial charge in [-0.05, 0) is 30.3 Å². The van der Waals surface area contributed by atoms with Crippen LogP contribution in [0.2, 0.25) is 0 Å². The molecule has 1 amide bonds. The molecule has 0 radical (unpaired) electrons. The maximum Gasteiger partial charge on any atom is 0.416 e. The Morgan fingerprint density at radius 2 is 1.76 bits per heavy atom. The van der Waals surface area contributed by atoms with E-state index in [1.54, 1.807) is 24.3 Å². The van der Waals surface area contributed by atoms with E-state index in [0.717, 1.165) is 24.3 Å². The van der Waals surface area contributed by atoms with Gasteiger partial charge < -0.3 is 10.1 Å². The van der Waals surface area contributed by atoms with Gasteiger partial charge in [-0.15, -0.1) is 0 Å². The summed E-state index contributed by atoms with van der Waals surface area (Å²) < 4.78 is 44.2. The zero-order chi connectivity index (χ0) is 21.0. The maximum absolute atomic E-state index is 12.7. The number of methoxy groups -OCH3 is 1. The highest BCUT2D eigenvalue weighted by molar-refractivity contribution is 5.94. The molecule has 2 aromatic carbocycles. The van der Waals surface area contributed by atoms with Crippen LogP contribution in [0.5, 0.6) is 0 Å². The fourth-order valence-electron chi connectivity index (χ4n) is 2.84. The quantitative estimate of drug-likeness (QED) is 0.684. The lowest BCUT2D eigenvalue weighted by atomic mass is 10.1. The van der Waals surface area contributed by atoms with Crippen molar-refractivity contribution in [3.05, 3.63) is 75.7 Å². The highest BCUT2D eigenvalue weighted by atomic mass is 19.4. The summed E-state index contributed by atoms with van der Waals surface area (Å²) >= 11 is 0. The van der Waals surface area contributed by atoms with Gasteiger partial charge in [0.15, 0.2) is 0 Å². The highest BCUT2D eigenvalue weighted by Gasteiger charge is 2.30. The Labute approximate surface area is 163 Å². The van der Waals surface area contributed by atoms with Gasteiger partial charge in [0.25, 0.3) is 11.5 Å². The van der Waals surface area contributed by atoms with Crippen molar-refractivity contribution < 1.29 is 22.7 Å². The van der Waals surface area contributed by atoms with E-state index in [2.05, 4.69) is 10.4 Å². The molecule has 152 valence electrons. The Kier molecular flexibility index (Phi) is 5.97. The topological polar surface area (TPSA) is 73.2 Å². The fraction of sp³-hybridized carbons (Fsp3) is 0.250. The largest absolute Gasteiger partial charge is 0.416 e. The van der Waals surface area contributed by atoms with Crippen molar-refractivity contribution in [3.63, 3.8) is 0 Å². The molecule has 6 nitrogen and oxygen atoms in total. The average Bonchev–Trinajstić information content (AvgIpc) is 2.72. The standard InChI is InChI=1S/C20H18F3N3O3/c1-29-11-10-26-19(28)16-5-3-2-4-15(16)17(25-26)12-24-18(27)13-6-8-14(9-7-13)20(21,22)23/h2-9H,10-12H2,1H3,(H,24,27). The van der Waals surface area contributed by atoms with Crippen molar-refractivity contribution in [2.75, 3.05) is 13.7 Å². The molecule has 9 heteroatoms. The zero-order valence-corrected chi connectivity index (χ0v) is 15.5. The van der Waals surface area contributed by atoms with E-state index in [4.69, 9.17) is 4.74 Å². The summed E-state index contributed by atoms with van der Waals surface area (Å²) in [6.45, 7) is 0.552. The number of amides is 1. The molecule has 3 rings (SSSR count). The predicted octanol–water partition coefficient (Wildman–Crippen LogP) is 2.99. The van der Waals surface area contributed by atoms with E-state index in [1.807, 2.05) is 0 Å². The minimum atomic E-state index is -4.46. The van der Waals surface area contributed by atoms with Crippen LogP contribution in [0.25, 0.3) is 10.8 Å². The molecular formula is C20H18F3N3O3. The molecule has 0 aliphatic heterocycles. The second-order valence-electron chi connectivity index (χ2n) is 6.27. The number of ether oxygens (including phenoxy) is 1. The lowest BCUT2D eigenvalue weighted by Gasteiger charge is -2.12. The zero-order valence-electron chi connectivity index (χ0n) is 15.5. The van der Waals surface area contributed by atoms with Gasteiger partial charge in [-0.1, -0.05) is 18.2 Å². The molecular weight excluding hydrogens is 387 g/mol. The van der Waals surface area contributed by atoms with Crippen LogP contribution in [-0.2, 0) is 24.0 Å². The first-order chi connectivity index (χ1) is 13.8. The molecule has 0 atom stereocenters. The van der Waals surface area contributed by atoms with Crippen LogP contribution in [0.4, 0.5) is 13.2 Å². The normalized spacial score (nSPS) is 11.6. The summed E-state index contributed by atoms with van der Waals surface area (Å²) in [5.74, 6) is -0.542. The molecule has 1 aromatic heterocycles. The molecule has 0 aliphatic rings. The van der Waals surface area contributed by atoms with Crippen molar-refractivity contribution in [2.45, 2.75) is 19.3 Å². The first-order valence-electron chi connectivity index (χ1n) is 8.74. The van der Waals surface area contributed by atoms with Gasteiger partial charge >= 0.3 is 6.18 Å². The number of aromatic nitrogens is 2. The molecule has 3 aromatic rings. The van der Waals surface area contributed by atoms with Crippen LogP contribution < -0.4 is 10.9 Å². The molecule has 0 bridgehead atoms. The van der Waals surface area contributed by atoms with E-state index in [0.29, 0.717) is 23.1 Å². The van der Waals surface area contributed by atoms with Crippen molar-refractivity contribution in [1.82, 2.24) is 15.1 Å². The second kappa shape index (κ2) is 8.44. The average molecular weight is 405 g/mol. The number of nitrogens with zero attached hydrogens (tertiary/aromatic N) is 2. The molecule has 1 N–H and O–H groups in total. The van der Waals surface area contributed by atoms with Crippen molar-refractivity contribution in [3.8, 4) is 0 Å². The van der Waals surface area contributed by atoms with Crippen LogP contribution in [-0.4, -0.2) is 29.4 Å². The van der Waals surface area contributed by atoms with Crippen LogP contribution in [0.15, 0.2) is 53.3 Å². The molecule has 0 saturated carbocycles. The SMILES string of the molecule is COCCn1nc(CNC(=O)c2ccc(C(F)(F)F)cc2)c2ccccc2c1=O. The summed E-state index contributed by atoms with van der Waals surface area (Å²) in [7, 11) is 1.51. The van der Waals surface area contributed by atoms with Gasteiger partial charge in [0.05, 0.1) is 36.3 Å². The molecule has 0 aliphatic carbocycles. The van der Waals surface area contributed by atoms with Gasteiger partial charge in [-0.2, -0.15) is 18.3 Å². The lowest BCUT2D eigenvalue weighted by Crippen LogP contribution is -2.29. The monoisotopic (exact) mass is 405 g/mol. The number of carbonyl (C=O) groups is 1. The van der Waals surface area contributed by atoms with E-state index < -0.39 is 17.6 Å². The van der Waals surface area contributed by atoms with Crippen LogP contribution in [0.1, 0.15) is 21.6 Å². The van der Waals surface area contributed by atoms with Crippen molar-refractivity contribution in [2.24, 2.45) is 0 Å². The number of benzene rings is 2. The number of carbonyl (C=O) groups excluding carboxylic acids is 1. The second-order valence-corrected chi connectivity index (χ2v) is 6.27. The molecule has 0 fully saturated rings. The number of alkyl halides is 3. The predicted molar refractivity (Wildman–Crippen MR) is 100 cm³/mol. The van der Waals surface area contributed by atoms with E-state index >= 15 is 0 Å². The van der Waals surface area contributed by atoms with E-state index in [-0.39, 0.29) is 24.2 Å². The Balaban J connectivity index is 1.83. The van der Waals surface area contributed by atoms with Gasteiger partial charge in [0.1, 0.15) is 0 Å². The third-order valence-corrected chi connectivity index (χ3v) is 4.34. The highest BCUT2D eigenvalue weighted by Crippen LogP contribution is 2.29. The van der Waals surface area contributed by atoms with Crippen molar-refractivity contribution >= 4 is 16.7 Å². The number of halogens is 3. The first-order valence-corrected chi connectivity index (χ1v) is 8.74. The lowest BCUT2D eigenvalue weighted by molar-refractivity contribution is -0.137. The molecule has 0 spiro atoms. The smallest absolute Gasteiger partial charge is 0.383 e. The fourth-order valence-corrected chi connectivity index (χ4v) is 2.84. The summed E-state index contributed by atoms with van der Waals surface area (Å²) in [5, 5.41) is 8.00. The van der Waals surface area contributed by atoms with E-state index in [9.17, 15) is 22.8 Å². The number of fused-ring (bicyclic) bond motifs is 1. The van der Waals surface area contributed by atoms with Gasteiger partial charge in [-0.25, -0.2) is 4.68 Å². The number of hydrogen-bond donors (Lipinski definition) is 1. The maximum atomic E-state index is 12.7. The summed E-state index contributed by atoms with van der Waals surface area (Å²) in [4.78, 5) is 24.9. The summed E-state index contributed by atoms with van der Waals surface area (Å²) in [6, 6.07) is 10.8. The van der Waals surface area contributed by atoms with Crippen LogP contribution >= 0.6 is 0 Å². The number of rotatable bonds is 6. The van der Waals surface area contributed by atoms with Crippen LogP contribution in [0, 0.1) is 0 Å². The molecule has 29 heavy (non-hydrogen) atoms. The molecule has 1 heterocycles. The Morgan fingerprint density at radius 1 is 1.10 bits per heavy atom. The third-order valence-electron chi connectivity index (χ3n) is 4.34. The first kappa shape index (κ1) is 20.5. The summed E-state index contributed by atoms with van der Waals surface area (Å²) in [5.41, 5.74) is -0.533. The van der Waals surface area contributed by atoms with Crippen LogP contribution in [0.3, 0.4) is 0 Å². The third kappa shape index (κ3) is 4.62. The minimum Gasteiger partial charge on any atom is -0.383 e. The Bertz CT molecular complexity index is 1080. The molecule has 0 unspecified atom stereocenters. The number of nitrogens with one attached hydrogen (secondary N) is 1. The van der Waals surface area contributed by atoms with E-state index in [1.165, 1.54) is 11.8 Å². The van der Waals surface area contributed by atoms with Crippen molar-refractivity contribution in [1.29, 1.82) is 0 Å². The Hall–Kier alpha value is -3.20. The van der Waals surface area contributed by atoms with Gasteiger partial charge in [0.2, 0.25) is 0 Å². The Morgan fingerprint density at radius 3 is 2.38 bits per heavy atom. The minimum absolute atomic E-state index is 0.00757. The van der Waals surface area contributed by atoms with Gasteiger partial charge in [-0.3, -0.25) is 9.59 Å². The number of hydrogen-bond acceptors (Lipinski definition) is 4. The van der Waals surface area contributed by atoms with Gasteiger partial charge in [0, 0.05) is 18.1 Å².